The van der Waals surface area contributed by atoms with Crippen LogP contribution in [0.5, 0.6) is 0 Å². The minimum Gasteiger partial charge on any atom is -0.356 e. The number of para-hydroxylation sites is 1. The van der Waals surface area contributed by atoms with E-state index in [2.05, 4.69) is 54.4 Å². The average Bonchev–Trinajstić information content (AvgIpc) is 3.51. The predicted molar refractivity (Wildman–Crippen MR) is 129 cm³/mol. The van der Waals surface area contributed by atoms with E-state index in [0.717, 1.165) is 48.7 Å². The molecule has 3 aliphatic rings. The number of aryl methyl sites for hydroxylation is 1. The number of rotatable bonds is 3. The number of H-pyrrole nitrogens is 1. The van der Waals surface area contributed by atoms with Crippen molar-refractivity contribution < 1.29 is 9.59 Å². The van der Waals surface area contributed by atoms with Crippen LogP contribution in [0.4, 0.5) is 0 Å². The lowest BCUT2D eigenvalue weighted by Gasteiger charge is -2.52. The highest BCUT2D eigenvalue weighted by atomic mass is 16.2. The Morgan fingerprint density at radius 1 is 1.03 bits per heavy atom. The molecule has 2 atom stereocenters. The molecule has 0 bridgehead atoms. The summed E-state index contributed by atoms with van der Waals surface area (Å²) >= 11 is 0. The molecule has 2 fully saturated rings. The van der Waals surface area contributed by atoms with E-state index in [-0.39, 0.29) is 30.3 Å². The van der Waals surface area contributed by atoms with Gasteiger partial charge in [-0.05, 0) is 48.9 Å². The SMILES string of the molecule is CCc1ccc([C@@H]2CN3C(=O)CN(C4CCCC4)C(=O)[C@]3(C)c3[nH]c4ccccc4c32)cc1. The van der Waals surface area contributed by atoms with E-state index in [4.69, 9.17) is 0 Å². The predicted octanol–water partition coefficient (Wildman–Crippen LogP) is 4.70. The van der Waals surface area contributed by atoms with Crippen molar-refractivity contribution in [2.45, 2.75) is 63.5 Å². The molecule has 1 saturated heterocycles. The highest BCUT2D eigenvalue weighted by Crippen LogP contribution is 2.48. The monoisotopic (exact) mass is 441 g/mol. The van der Waals surface area contributed by atoms with Crippen molar-refractivity contribution in [3.63, 3.8) is 0 Å². The molecule has 5 heteroatoms. The Balaban J connectivity index is 1.54. The first-order valence-corrected chi connectivity index (χ1v) is 12.3. The highest BCUT2D eigenvalue weighted by Gasteiger charge is 2.57. The summed E-state index contributed by atoms with van der Waals surface area (Å²) in [5.74, 6) is 0.162. The third kappa shape index (κ3) is 2.91. The molecule has 1 aromatic heterocycles. The quantitative estimate of drug-likeness (QED) is 0.640. The number of aromatic amines is 1. The maximum Gasteiger partial charge on any atom is 0.255 e. The van der Waals surface area contributed by atoms with E-state index in [1.807, 2.05) is 22.8 Å². The van der Waals surface area contributed by atoms with Crippen LogP contribution in [0.25, 0.3) is 10.9 Å². The first-order valence-electron chi connectivity index (χ1n) is 12.3. The van der Waals surface area contributed by atoms with Crippen LogP contribution in [0.2, 0.25) is 0 Å². The Morgan fingerprint density at radius 2 is 1.76 bits per heavy atom. The van der Waals surface area contributed by atoms with Gasteiger partial charge < -0.3 is 14.8 Å². The fourth-order valence-electron chi connectivity index (χ4n) is 6.43. The van der Waals surface area contributed by atoms with E-state index in [1.165, 1.54) is 16.7 Å². The molecule has 6 rings (SSSR count). The molecule has 1 N–H and O–H groups in total. The molecular formula is C28H31N3O2. The van der Waals surface area contributed by atoms with Crippen LogP contribution < -0.4 is 0 Å². The third-order valence-electron chi connectivity index (χ3n) is 8.33. The number of nitrogens with zero attached hydrogens (tertiary/aromatic N) is 2. The molecule has 3 heterocycles. The minimum atomic E-state index is -0.994. The van der Waals surface area contributed by atoms with Crippen molar-refractivity contribution in [1.29, 1.82) is 0 Å². The van der Waals surface area contributed by atoms with Crippen molar-refractivity contribution in [3.05, 3.63) is 70.9 Å². The Bertz CT molecular complexity index is 1240. The van der Waals surface area contributed by atoms with Gasteiger partial charge in [0.2, 0.25) is 5.91 Å². The van der Waals surface area contributed by atoms with Gasteiger partial charge in [-0.3, -0.25) is 9.59 Å². The van der Waals surface area contributed by atoms with Crippen LogP contribution in [-0.4, -0.2) is 45.7 Å². The average molecular weight is 442 g/mol. The number of amides is 2. The van der Waals surface area contributed by atoms with E-state index >= 15 is 0 Å². The van der Waals surface area contributed by atoms with Crippen molar-refractivity contribution in [2.75, 3.05) is 13.1 Å². The molecule has 1 aliphatic carbocycles. The molecular weight excluding hydrogens is 410 g/mol. The Labute approximate surface area is 194 Å². The van der Waals surface area contributed by atoms with Gasteiger partial charge in [-0.15, -0.1) is 0 Å². The summed E-state index contributed by atoms with van der Waals surface area (Å²) < 4.78 is 0. The van der Waals surface area contributed by atoms with Crippen molar-refractivity contribution >= 4 is 22.7 Å². The van der Waals surface area contributed by atoms with Crippen LogP contribution in [0.3, 0.4) is 0 Å². The molecule has 0 unspecified atom stereocenters. The number of hydrogen-bond acceptors (Lipinski definition) is 2. The number of nitrogens with one attached hydrogen (secondary N) is 1. The lowest BCUT2D eigenvalue weighted by molar-refractivity contribution is -0.168. The Hall–Kier alpha value is -3.08. The molecule has 5 nitrogen and oxygen atoms in total. The van der Waals surface area contributed by atoms with Gasteiger partial charge in [-0.1, -0.05) is 62.2 Å². The van der Waals surface area contributed by atoms with Gasteiger partial charge in [0.1, 0.15) is 6.54 Å². The Kier molecular flexibility index (Phi) is 4.65. The Morgan fingerprint density at radius 3 is 2.48 bits per heavy atom. The zero-order valence-corrected chi connectivity index (χ0v) is 19.4. The zero-order chi connectivity index (χ0) is 22.7. The summed E-state index contributed by atoms with van der Waals surface area (Å²) in [6.45, 7) is 4.85. The minimum absolute atomic E-state index is 0.0323. The second-order valence-corrected chi connectivity index (χ2v) is 10.1. The van der Waals surface area contributed by atoms with Gasteiger partial charge in [-0.2, -0.15) is 0 Å². The highest BCUT2D eigenvalue weighted by molar-refractivity contribution is 6.01. The molecule has 3 aromatic rings. The summed E-state index contributed by atoms with van der Waals surface area (Å²) in [6, 6.07) is 17.2. The molecule has 2 aromatic carbocycles. The molecule has 170 valence electrons. The van der Waals surface area contributed by atoms with Gasteiger partial charge in [0.05, 0.1) is 5.69 Å². The summed E-state index contributed by atoms with van der Waals surface area (Å²) in [7, 11) is 0. The van der Waals surface area contributed by atoms with Gasteiger partial charge >= 0.3 is 0 Å². The van der Waals surface area contributed by atoms with Gasteiger partial charge in [0, 0.05) is 29.4 Å². The van der Waals surface area contributed by atoms with Gasteiger partial charge in [-0.25, -0.2) is 0 Å². The smallest absolute Gasteiger partial charge is 0.255 e. The standard InChI is InChI=1S/C28H31N3O2/c1-3-18-12-14-19(15-13-18)22-16-31-24(32)17-30(20-8-4-5-9-20)27(33)28(31,2)26-25(22)21-10-6-7-11-23(21)29-26/h6-7,10-15,20,22,29H,3-5,8-9,16-17H2,1-2H3/t22-,28-/m0/s1. The van der Waals surface area contributed by atoms with Crippen molar-refractivity contribution in [3.8, 4) is 0 Å². The number of carbonyl (C=O) groups is 2. The lowest BCUT2D eigenvalue weighted by atomic mass is 9.76. The molecule has 1 saturated carbocycles. The summed E-state index contributed by atoms with van der Waals surface area (Å²) in [5, 5.41) is 1.15. The second kappa shape index (κ2) is 7.47. The molecule has 0 radical (unpaired) electrons. The van der Waals surface area contributed by atoms with Gasteiger partial charge in [0.25, 0.3) is 5.91 Å². The number of piperazine rings is 1. The first-order chi connectivity index (χ1) is 16.0. The zero-order valence-electron chi connectivity index (χ0n) is 19.4. The second-order valence-electron chi connectivity index (χ2n) is 10.1. The summed E-state index contributed by atoms with van der Waals surface area (Å²) in [6.07, 6.45) is 5.27. The molecule has 2 aliphatic heterocycles. The topological polar surface area (TPSA) is 56.4 Å². The number of benzene rings is 2. The molecule has 2 amide bonds. The van der Waals surface area contributed by atoms with Crippen LogP contribution in [0.1, 0.15) is 67.8 Å². The van der Waals surface area contributed by atoms with Gasteiger partial charge in [0.15, 0.2) is 5.54 Å². The van der Waals surface area contributed by atoms with Crippen LogP contribution >= 0.6 is 0 Å². The number of aromatic nitrogens is 1. The maximum atomic E-state index is 14.1. The number of fused-ring (bicyclic) bond motifs is 5. The van der Waals surface area contributed by atoms with E-state index in [1.54, 1.807) is 0 Å². The first kappa shape index (κ1) is 20.5. The molecule has 33 heavy (non-hydrogen) atoms. The van der Waals surface area contributed by atoms with E-state index < -0.39 is 5.54 Å². The number of hydrogen-bond donors (Lipinski definition) is 1. The van der Waals surface area contributed by atoms with Crippen LogP contribution in [0, 0.1) is 0 Å². The van der Waals surface area contributed by atoms with E-state index in [0.29, 0.717) is 6.54 Å². The van der Waals surface area contributed by atoms with E-state index in [9.17, 15) is 9.59 Å². The molecule has 0 spiro atoms. The van der Waals surface area contributed by atoms with Crippen molar-refractivity contribution in [1.82, 2.24) is 14.8 Å². The van der Waals surface area contributed by atoms with Crippen molar-refractivity contribution in [2.24, 2.45) is 0 Å². The summed E-state index contributed by atoms with van der Waals surface area (Å²) in [5.41, 5.74) is 4.59. The largest absolute Gasteiger partial charge is 0.356 e. The normalized spacial score (nSPS) is 25.6. The van der Waals surface area contributed by atoms with Crippen LogP contribution in [0.15, 0.2) is 48.5 Å². The number of carbonyl (C=O) groups excluding carboxylic acids is 2. The fourth-order valence-corrected chi connectivity index (χ4v) is 6.43. The van der Waals surface area contributed by atoms with Crippen LogP contribution in [-0.2, 0) is 21.5 Å². The maximum absolute atomic E-state index is 14.1. The fraction of sp³-hybridized carbons (Fsp3) is 0.429. The lowest BCUT2D eigenvalue weighted by Crippen LogP contribution is -2.68. The summed E-state index contributed by atoms with van der Waals surface area (Å²) in [4.78, 5) is 35.0. The third-order valence-corrected chi connectivity index (χ3v) is 8.33.